The molecule has 0 amide bonds. The number of methoxy groups -OCH3 is 1. The van der Waals surface area contributed by atoms with Crippen molar-refractivity contribution in [2.24, 2.45) is 5.92 Å². The van der Waals surface area contributed by atoms with Crippen LogP contribution in [0.4, 0.5) is 0 Å². The second kappa shape index (κ2) is 7.91. The van der Waals surface area contributed by atoms with Gasteiger partial charge in [0.05, 0.1) is 11.2 Å². The third-order valence-corrected chi connectivity index (χ3v) is 4.58. The maximum atomic E-state index is 6.37. The van der Waals surface area contributed by atoms with Crippen molar-refractivity contribution in [3.05, 3.63) is 0 Å². The molecule has 1 rings (SSSR count). The molecule has 2 atom stereocenters. The van der Waals surface area contributed by atoms with E-state index in [1.807, 2.05) is 0 Å². The normalized spacial score (nSPS) is 27.4. The van der Waals surface area contributed by atoms with Gasteiger partial charge in [0.25, 0.3) is 0 Å². The molecule has 1 saturated heterocycles. The maximum Gasteiger partial charge on any atom is 0.0790 e. The molecule has 1 aliphatic rings. The van der Waals surface area contributed by atoms with E-state index < -0.39 is 0 Å². The van der Waals surface area contributed by atoms with Crippen LogP contribution >= 0.6 is 0 Å². The van der Waals surface area contributed by atoms with Gasteiger partial charge in [0, 0.05) is 38.8 Å². The zero-order chi connectivity index (χ0) is 16.1. The Morgan fingerprint density at radius 2 is 1.86 bits per heavy atom. The summed E-state index contributed by atoms with van der Waals surface area (Å²) in [5, 5.41) is 3.72. The monoisotopic (exact) mass is 300 g/mol. The van der Waals surface area contributed by atoms with E-state index in [2.05, 4.69) is 51.9 Å². The van der Waals surface area contributed by atoms with Crippen LogP contribution in [0.15, 0.2) is 0 Å². The molecule has 21 heavy (non-hydrogen) atoms. The smallest absolute Gasteiger partial charge is 0.0790 e. The number of rotatable bonds is 9. The molecule has 1 fully saturated rings. The van der Waals surface area contributed by atoms with E-state index in [0.717, 1.165) is 39.1 Å². The predicted molar refractivity (Wildman–Crippen MR) is 88.8 cm³/mol. The van der Waals surface area contributed by atoms with E-state index in [1.165, 1.54) is 0 Å². The highest BCUT2D eigenvalue weighted by atomic mass is 16.5. The van der Waals surface area contributed by atoms with Crippen LogP contribution in [0.1, 0.15) is 47.5 Å². The molecular weight excluding hydrogens is 264 g/mol. The summed E-state index contributed by atoms with van der Waals surface area (Å²) in [4.78, 5) is 2.41. The maximum absolute atomic E-state index is 6.37. The lowest BCUT2D eigenvalue weighted by molar-refractivity contribution is -0.0793. The molecule has 0 aromatic carbocycles. The summed E-state index contributed by atoms with van der Waals surface area (Å²) in [7, 11) is 3.97. The number of nitrogens with one attached hydrogen (secondary N) is 1. The standard InChI is InChI=1S/C17H36N2O2/c1-8-10-18-15-14(13-19(6)11-9-12-20-7)16(2,3)21-17(15,4)5/h14-15,18H,8-13H2,1-7H3. The van der Waals surface area contributed by atoms with Gasteiger partial charge < -0.3 is 19.7 Å². The first-order valence-electron chi connectivity index (χ1n) is 8.35. The third kappa shape index (κ3) is 5.20. The van der Waals surface area contributed by atoms with Gasteiger partial charge >= 0.3 is 0 Å². The van der Waals surface area contributed by atoms with Gasteiger partial charge in [-0.15, -0.1) is 0 Å². The number of hydrogen-bond acceptors (Lipinski definition) is 4. The molecule has 1 heterocycles. The molecule has 0 aliphatic carbocycles. The summed E-state index contributed by atoms with van der Waals surface area (Å²) in [5.41, 5.74) is -0.207. The fourth-order valence-corrected chi connectivity index (χ4v) is 3.62. The highest BCUT2D eigenvalue weighted by Crippen LogP contribution is 2.42. The van der Waals surface area contributed by atoms with Crippen LogP contribution in [-0.4, -0.2) is 62.5 Å². The molecule has 0 bridgehead atoms. The molecule has 0 radical (unpaired) electrons. The van der Waals surface area contributed by atoms with Crippen LogP contribution in [0, 0.1) is 5.92 Å². The van der Waals surface area contributed by atoms with Crippen LogP contribution in [0.2, 0.25) is 0 Å². The van der Waals surface area contributed by atoms with Crippen molar-refractivity contribution >= 4 is 0 Å². The number of nitrogens with zero attached hydrogens (tertiary/aromatic N) is 1. The molecule has 4 nitrogen and oxygen atoms in total. The van der Waals surface area contributed by atoms with Crippen LogP contribution in [-0.2, 0) is 9.47 Å². The van der Waals surface area contributed by atoms with Crippen molar-refractivity contribution in [2.75, 3.05) is 40.4 Å². The molecule has 1 aliphatic heterocycles. The first kappa shape index (κ1) is 18.9. The third-order valence-electron chi connectivity index (χ3n) is 4.58. The molecule has 126 valence electrons. The van der Waals surface area contributed by atoms with E-state index in [9.17, 15) is 0 Å². The molecule has 0 saturated carbocycles. The Morgan fingerprint density at radius 1 is 1.19 bits per heavy atom. The Kier molecular flexibility index (Phi) is 7.11. The number of ether oxygens (including phenoxy) is 2. The van der Waals surface area contributed by atoms with E-state index in [-0.39, 0.29) is 11.2 Å². The lowest BCUT2D eigenvalue weighted by Crippen LogP contribution is -2.50. The predicted octanol–water partition coefficient (Wildman–Crippen LogP) is 2.53. The topological polar surface area (TPSA) is 33.7 Å². The quantitative estimate of drug-likeness (QED) is 0.664. The minimum absolute atomic E-state index is 0.0928. The van der Waals surface area contributed by atoms with E-state index in [4.69, 9.17) is 9.47 Å². The molecule has 0 aromatic heterocycles. The highest BCUT2D eigenvalue weighted by molar-refractivity contribution is 5.06. The van der Waals surface area contributed by atoms with Crippen molar-refractivity contribution in [1.82, 2.24) is 10.2 Å². The van der Waals surface area contributed by atoms with Crippen molar-refractivity contribution in [2.45, 2.75) is 64.7 Å². The van der Waals surface area contributed by atoms with E-state index in [0.29, 0.717) is 12.0 Å². The van der Waals surface area contributed by atoms with E-state index in [1.54, 1.807) is 7.11 Å². The molecule has 0 spiro atoms. The van der Waals surface area contributed by atoms with Gasteiger partial charge in [0.15, 0.2) is 0 Å². The van der Waals surface area contributed by atoms with Crippen molar-refractivity contribution in [1.29, 1.82) is 0 Å². The second-order valence-electron chi connectivity index (χ2n) is 7.46. The van der Waals surface area contributed by atoms with Crippen LogP contribution < -0.4 is 5.32 Å². The summed E-state index contributed by atoms with van der Waals surface area (Å²) in [5.74, 6) is 0.492. The van der Waals surface area contributed by atoms with Crippen LogP contribution in [0.5, 0.6) is 0 Å². The Bertz CT molecular complexity index is 305. The van der Waals surface area contributed by atoms with Crippen molar-refractivity contribution in [3.8, 4) is 0 Å². The average molecular weight is 300 g/mol. The average Bonchev–Trinajstić information content (AvgIpc) is 2.53. The SMILES string of the molecule is CCCNC1C(CN(C)CCCOC)C(C)(C)OC1(C)C. The Hall–Kier alpha value is -0.160. The van der Waals surface area contributed by atoms with Gasteiger partial charge in [-0.3, -0.25) is 0 Å². The van der Waals surface area contributed by atoms with Crippen LogP contribution in [0.25, 0.3) is 0 Å². The van der Waals surface area contributed by atoms with Crippen molar-refractivity contribution < 1.29 is 9.47 Å². The fourth-order valence-electron chi connectivity index (χ4n) is 3.62. The molecular formula is C17H36N2O2. The minimum Gasteiger partial charge on any atom is -0.385 e. The summed E-state index contributed by atoms with van der Waals surface area (Å²) < 4.78 is 11.5. The summed E-state index contributed by atoms with van der Waals surface area (Å²) in [6.07, 6.45) is 2.24. The summed E-state index contributed by atoms with van der Waals surface area (Å²) >= 11 is 0. The lowest BCUT2D eigenvalue weighted by Gasteiger charge is -2.33. The summed E-state index contributed by atoms with van der Waals surface area (Å²) in [6, 6.07) is 0.400. The first-order chi connectivity index (χ1) is 9.74. The molecule has 0 aromatic rings. The zero-order valence-corrected chi connectivity index (χ0v) is 15.2. The van der Waals surface area contributed by atoms with Gasteiger partial charge in [-0.25, -0.2) is 0 Å². The van der Waals surface area contributed by atoms with Crippen LogP contribution in [0.3, 0.4) is 0 Å². The van der Waals surface area contributed by atoms with Crippen molar-refractivity contribution in [3.63, 3.8) is 0 Å². The van der Waals surface area contributed by atoms with Gasteiger partial charge in [0.1, 0.15) is 0 Å². The Labute approximate surface area is 131 Å². The largest absolute Gasteiger partial charge is 0.385 e. The zero-order valence-electron chi connectivity index (χ0n) is 15.2. The van der Waals surface area contributed by atoms with Gasteiger partial charge in [-0.05, 0) is 54.1 Å². The fraction of sp³-hybridized carbons (Fsp3) is 1.00. The van der Waals surface area contributed by atoms with Gasteiger partial charge in [-0.2, -0.15) is 0 Å². The minimum atomic E-state index is -0.114. The molecule has 4 heteroatoms. The first-order valence-corrected chi connectivity index (χ1v) is 8.35. The molecule has 1 N–H and O–H groups in total. The highest BCUT2D eigenvalue weighted by Gasteiger charge is 2.53. The molecule has 2 unspecified atom stereocenters. The Balaban J connectivity index is 2.69. The van der Waals surface area contributed by atoms with Gasteiger partial charge in [0.2, 0.25) is 0 Å². The second-order valence-corrected chi connectivity index (χ2v) is 7.46. The van der Waals surface area contributed by atoms with Gasteiger partial charge in [-0.1, -0.05) is 6.92 Å². The summed E-state index contributed by atoms with van der Waals surface area (Å²) in [6.45, 7) is 15.1. The van der Waals surface area contributed by atoms with E-state index >= 15 is 0 Å². The Morgan fingerprint density at radius 3 is 2.43 bits per heavy atom. The number of hydrogen-bond donors (Lipinski definition) is 1. The lowest BCUT2D eigenvalue weighted by atomic mass is 9.82.